The van der Waals surface area contributed by atoms with Gasteiger partial charge < -0.3 is 24.1 Å². The molecule has 0 spiro atoms. The van der Waals surface area contributed by atoms with Crippen LogP contribution in [-0.2, 0) is 0 Å². The minimum atomic E-state index is -1.12. The fourth-order valence-corrected chi connectivity index (χ4v) is 6.46. The molecule has 176 valence electrons. The number of fused-ring (bicyclic) bond motifs is 4. The van der Waals surface area contributed by atoms with Gasteiger partial charge in [-0.1, -0.05) is 20.8 Å². The Morgan fingerprint density at radius 1 is 1.06 bits per heavy atom. The maximum atomic E-state index is 13.1. The monoisotopic (exact) mass is 452 g/mol. The van der Waals surface area contributed by atoms with Crippen LogP contribution in [0.1, 0.15) is 58.9 Å². The molecule has 1 aromatic heterocycles. The number of ether oxygens (including phenoxy) is 2. The van der Waals surface area contributed by atoms with Crippen LogP contribution in [0.15, 0.2) is 45.1 Å². The molecule has 0 saturated heterocycles. The molecule has 5 rings (SSSR count). The number of rotatable bonds is 2. The van der Waals surface area contributed by atoms with E-state index in [-0.39, 0.29) is 5.41 Å². The van der Waals surface area contributed by atoms with Crippen LogP contribution < -0.4 is 15.1 Å². The highest BCUT2D eigenvalue weighted by atomic mass is 16.5. The largest absolute Gasteiger partial charge is 0.497 e. The lowest BCUT2D eigenvalue weighted by Crippen LogP contribution is -2.70. The summed E-state index contributed by atoms with van der Waals surface area (Å²) in [6, 6.07) is 9.03. The Labute approximate surface area is 193 Å². The lowest BCUT2D eigenvalue weighted by atomic mass is 9.43. The maximum Gasteiger partial charge on any atom is 0.347 e. The lowest BCUT2D eigenvalue weighted by Gasteiger charge is -2.65. The average molecular weight is 453 g/mol. The van der Waals surface area contributed by atoms with Crippen LogP contribution in [0.2, 0.25) is 0 Å². The molecule has 33 heavy (non-hydrogen) atoms. The molecule has 0 amide bonds. The van der Waals surface area contributed by atoms with Gasteiger partial charge in [0.1, 0.15) is 28.4 Å². The highest BCUT2D eigenvalue weighted by Crippen LogP contribution is 2.65. The Kier molecular flexibility index (Phi) is 4.69. The van der Waals surface area contributed by atoms with Gasteiger partial charge in [0.05, 0.1) is 18.8 Å². The third kappa shape index (κ3) is 2.90. The highest BCUT2D eigenvalue weighted by molar-refractivity contribution is 5.70. The summed E-state index contributed by atoms with van der Waals surface area (Å²) >= 11 is 0. The number of hydrogen-bond acceptors (Lipinski definition) is 6. The Morgan fingerprint density at radius 2 is 1.76 bits per heavy atom. The van der Waals surface area contributed by atoms with Crippen molar-refractivity contribution in [1.82, 2.24) is 0 Å². The molecular weight excluding hydrogens is 420 g/mol. The predicted octanol–water partition coefficient (Wildman–Crippen LogP) is 4.56. The molecule has 2 saturated carbocycles. The van der Waals surface area contributed by atoms with Gasteiger partial charge in [0.15, 0.2) is 0 Å². The van der Waals surface area contributed by atoms with Crippen molar-refractivity contribution >= 4 is 6.08 Å². The Balaban J connectivity index is 1.66. The second kappa shape index (κ2) is 6.97. The van der Waals surface area contributed by atoms with Gasteiger partial charge in [-0.3, -0.25) is 0 Å². The van der Waals surface area contributed by atoms with Crippen LogP contribution >= 0.6 is 0 Å². The number of hydrogen-bond donors (Lipinski definition) is 2. The first kappa shape index (κ1) is 22.2. The van der Waals surface area contributed by atoms with Gasteiger partial charge in [0.2, 0.25) is 0 Å². The van der Waals surface area contributed by atoms with Crippen LogP contribution in [0.3, 0.4) is 0 Å². The maximum absolute atomic E-state index is 13.1. The number of aliphatic hydroxyl groups is 2. The first-order valence-electron chi connectivity index (χ1n) is 11.6. The van der Waals surface area contributed by atoms with Gasteiger partial charge in [0.25, 0.3) is 0 Å². The van der Waals surface area contributed by atoms with Gasteiger partial charge in [-0.15, -0.1) is 0 Å². The van der Waals surface area contributed by atoms with Crippen molar-refractivity contribution in [2.75, 3.05) is 7.11 Å². The van der Waals surface area contributed by atoms with Gasteiger partial charge in [0, 0.05) is 17.0 Å². The van der Waals surface area contributed by atoms with E-state index >= 15 is 0 Å². The molecule has 3 aliphatic rings. The molecule has 2 aromatic rings. The van der Waals surface area contributed by atoms with Gasteiger partial charge in [-0.05, 0) is 73.9 Å². The van der Waals surface area contributed by atoms with Crippen molar-refractivity contribution in [1.29, 1.82) is 0 Å². The van der Waals surface area contributed by atoms with E-state index in [0.29, 0.717) is 42.1 Å². The van der Waals surface area contributed by atoms with Gasteiger partial charge in [-0.2, -0.15) is 0 Å². The molecule has 1 aliphatic heterocycles. The fraction of sp³-hybridized carbons (Fsp3) is 0.519. The van der Waals surface area contributed by atoms with Crippen molar-refractivity contribution in [2.45, 2.75) is 70.7 Å². The molecule has 4 atom stereocenters. The van der Waals surface area contributed by atoms with Crippen LogP contribution in [0.5, 0.6) is 11.5 Å². The zero-order chi connectivity index (χ0) is 23.8. The zero-order valence-corrected chi connectivity index (χ0v) is 19.9. The Morgan fingerprint density at radius 3 is 2.42 bits per heavy atom. The summed E-state index contributed by atoms with van der Waals surface area (Å²) in [6.45, 7) is 8.03. The quantitative estimate of drug-likeness (QED) is 0.694. The summed E-state index contributed by atoms with van der Waals surface area (Å²) in [5.74, 6) is 1.59. The van der Waals surface area contributed by atoms with Crippen molar-refractivity contribution < 1.29 is 24.1 Å². The summed E-state index contributed by atoms with van der Waals surface area (Å²) in [4.78, 5) is 13.1. The lowest BCUT2D eigenvalue weighted by molar-refractivity contribution is -0.237. The first-order valence-corrected chi connectivity index (χ1v) is 11.6. The second-order valence-corrected chi connectivity index (χ2v) is 10.8. The molecule has 2 aliphatic carbocycles. The van der Waals surface area contributed by atoms with E-state index in [9.17, 15) is 15.0 Å². The molecule has 1 aromatic carbocycles. The number of benzene rings is 1. The summed E-state index contributed by atoms with van der Waals surface area (Å²) in [7, 11) is 1.60. The molecule has 2 heterocycles. The van der Waals surface area contributed by atoms with Crippen LogP contribution in [0.25, 0.3) is 17.4 Å². The number of aliphatic hydroxyl groups excluding tert-OH is 1. The van der Waals surface area contributed by atoms with Gasteiger partial charge in [-0.25, -0.2) is 4.79 Å². The van der Waals surface area contributed by atoms with Crippen molar-refractivity contribution in [3.8, 4) is 22.8 Å². The third-order valence-corrected chi connectivity index (χ3v) is 8.73. The van der Waals surface area contributed by atoms with E-state index in [2.05, 4.69) is 13.8 Å². The first-order chi connectivity index (χ1) is 15.4. The normalized spacial score (nSPS) is 34.3. The topological polar surface area (TPSA) is 89.1 Å². The minimum absolute atomic E-state index is 0.320. The van der Waals surface area contributed by atoms with E-state index in [1.54, 1.807) is 19.3 Å². The average Bonchev–Trinajstić information content (AvgIpc) is 2.78. The summed E-state index contributed by atoms with van der Waals surface area (Å²) < 4.78 is 17.4. The second-order valence-electron chi connectivity index (χ2n) is 10.8. The van der Waals surface area contributed by atoms with E-state index < -0.39 is 28.3 Å². The molecule has 0 bridgehead atoms. The fourth-order valence-electron chi connectivity index (χ4n) is 6.46. The van der Waals surface area contributed by atoms with Crippen molar-refractivity contribution in [3.63, 3.8) is 0 Å². The van der Waals surface area contributed by atoms with E-state index in [1.165, 1.54) is 0 Å². The summed E-state index contributed by atoms with van der Waals surface area (Å²) in [5.41, 5.74) is -1.86. The van der Waals surface area contributed by atoms with Crippen LogP contribution in [0.4, 0.5) is 0 Å². The van der Waals surface area contributed by atoms with E-state index in [1.807, 2.05) is 38.1 Å². The molecule has 0 unspecified atom stereocenters. The van der Waals surface area contributed by atoms with Gasteiger partial charge >= 0.3 is 5.63 Å². The molecule has 6 heteroatoms. The summed E-state index contributed by atoms with van der Waals surface area (Å²) in [5, 5.41) is 23.2. The third-order valence-electron chi connectivity index (χ3n) is 8.73. The minimum Gasteiger partial charge on any atom is -0.497 e. The van der Waals surface area contributed by atoms with E-state index in [0.717, 1.165) is 17.6 Å². The smallest absolute Gasteiger partial charge is 0.347 e. The molecule has 2 N–H and O–H groups in total. The standard InChI is InChI=1S/C27H32O6/c1-24(2)11-10-22(28)26(4)21-14-18-20(33-25(21,3)12-13-27(24,26)30)15-19(32-23(18)29)16-6-8-17(31-5)9-7-16/h6-9,14-15,22,28,30H,10-13H2,1-5H3/t22-,25+,26-,27+/m0/s1. The molecule has 0 radical (unpaired) electrons. The predicted molar refractivity (Wildman–Crippen MR) is 125 cm³/mol. The molecular formula is C27H32O6. The molecule has 2 fully saturated rings. The molecule has 6 nitrogen and oxygen atoms in total. The SMILES string of the molecule is COc1ccc(-c2cc3c(c(=O)o2)C=C2[C@@](C)(CC[C@@]4(O)C(C)(C)CC[C@H](O)[C@]24C)O3)cc1. The van der Waals surface area contributed by atoms with Crippen molar-refractivity contribution in [3.05, 3.63) is 51.9 Å². The van der Waals surface area contributed by atoms with Crippen LogP contribution in [0, 0.1) is 10.8 Å². The zero-order valence-electron chi connectivity index (χ0n) is 19.9. The van der Waals surface area contributed by atoms with E-state index in [4.69, 9.17) is 13.9 Å². The highest BCUT2D eigenvalue weighted by Gasteiger charge is 2.68. The van der Waals surface area contributed by atoms with Crippen molar-refractivity contribution in [2.24, 2.45) is 10.8 Å². The Bertz CT molecular complexity index is 1190. The summed E-state index contributed by atoms with van der Waals surface area (Å²) in [6.07, 6.45) is 3.46. The van der Waals surface area contributed by atoms with Crippen LogP contribution in [-0.4, -0.2) is 34.6 Å². The Hall–Kier alpha value is -2.57. The number of methoxy groups -OCH3 is 1.